The third-order valence-electron chi connectivity index (χ3n) is 3.34. The van der Waals surface area contributed by atoms with E-state index in [1.165, 1.54) is 29.7 Å². The van der Waals surface area contributed by atoms with Crippen molar-refractivity contribution in [3.8, 4) is 0 Å². The van der Waals surface area contributed by atoms with Gasteiger partial charge in [0.05, 0.1) is 29.5 Å². The summed E-state index contributed by atoms with van der Waals surface area (Å²) in [6.45, 7) is 1.35. The first-order valence-corrected chi connectivity index (χ1v) is 9.53. The lowest BCUT2D eigenvalue weighted by Gasteiger charge is -2.28. The predicted molar refractivity (Wildman–Crippen MR) is 102 cm³/mol. The molecule has 7 nitrogen and oxygen atoms in total. The number of oxime groups is 1. The number of nitrogens with zero attached hydrogens (tertiary/aromatic N) is 1. The van der Waals surface area contributed by atoms with Gasteiger partial charge in [0.25, 0.3) is 5.91 Å². The third-order valence-corrected chi connectivity index (χ3v) is 6.87. The van der Waals surface area contributed by atoms with E-state index in [9.17, 15) is 19.8 Å². The molecule has 0 saturated heterocycles. The quantitative estimate of drug-likeness (QED) is 0.460. The number of aliphatic carboxylic acids is 1. The molecular formula is C16H17ClN2O5S2. The van der Waals surface area contributed by atoms with E-state index >= 15 is 0 Å². The van der Waals surface area contributed by atoms with Crippen molar-refractivity contribution >= 4 is 53.2 Å². The van der Waals surface area contributed by atoms with E-state index in [0.717, 1.165) is 15.4 Å². The highest BCUT2D eigenvalue weighted by molar-refractivity contribution is 8.09. The molecule has 2 rings (SSSR count). The van der Waals surface area contributed by atoms with Crippen LogP contribution in [0.15, 0.2) is 37.6 Å². The second-order valence-electron chi connectivity index (χ2n) is 5.35. The zero-order valence-electron chi connectivity index (χ0n) is 13.8. The molecule has 10 heteroatoms. The van der Waals surface area contributed by atoms with Gasteiger partial charge in [-0.15, -0.1) is 11.8 Å². The van der Waals surface area contributed by atoms with Gasteiger partial charge in [-0.2, -0.15) is 0 Å². The number of nitrogens with two attached hydrogens (primary N) is 1. The molecule has 1 atom stereocenters. The Hall–Kier alpha value is -1.68. The van der Waals surface area contributed by atoms with Crippen LogP contribution in [0.1, 0.15) is 12.0 Å². The van der Waals surface area contributed by atoms with Crippen LogP contribution < -0.4 is 5.73 Å². The molecule has 0 fully saturated rings. The molecule has 1 aromatic carbocycles. The van der Waals surface area contributed by atoms with Crippen molar-refractivity contribution in [1.29, 1.82) is 0 Å². The molecule has 1 aliphatic heterocycles. The molecule has 26 heavy (non-hydrogen) atoms. The number of hydrogen-bond donors (Lipinski definition) is 3. The SMILES string of the molecule is Cc1ccc(Cl)c2c1SC(CO)/C(=C(/C=N/OCC(N)=O)CC(=O)O)S2. The number of primary amides is 1. The molecule has 1 amide bonds. The molecule has 1 unspecified atom stereocenters. The van der Waals surface area contributed by atoms with Gasteiger partial charge in [-0.05, 0) is 24.1 Å². The Labute approximate surface area is 163 Å². The third kappa shape index (κ3) is 5.16. The van der Waals surface area contributed by atoms with Gasteiger partial charge in [0.2, 0.25) is 0 Å². The van der Waals surface area contributed by atoms with Crippen molar-refractivity contribution in [1.82, 2.24) is 0 Å². The van der Waals surface area contributed by atoms with Gasteiger partial charge in [0.15, 0.2) is 6.61 Å². The first kappa shape index (κ1) is 20.6. The number of carboxylic acids is 1. The average molecular weight is 417 g/mol. The minimum absolute atomic E-state index is 0.183. The average Bonchev–Trinajstić information content (AvgIpc) is 2.59. The van der Waals surface area contributed by atoms with E-state index in [4.69, 9.17) is 22.2 Å². The number of aryl methyl sites for hydroxylation is 1. The Kier molecular flexibility index (Phi) is 7.39. The lowest BCUT2D eigenvalue weighted by molar-refractivity contribution is -0.136. The summed E-state index contributed by atoms with van der Waals surface area (Å²) in [5.41, 5.74) is 6.35. The van der Waals surface area contributed by atoms with Crippen LogP contribution in [-0.2, 0) is 14.4 Å². The van der Waals surface area contributed by atoms with Crippen molar-refractivity contribution in [2.75, 3.05) is 13.2 Å². The number of benzene rings is 1. The zero-order chi connectivity index (χ0) is 19.3. The number of aliphatic hydroxyl groups is 1. The summed E-state index contributed by atoms with van der Waals surface area (Å²) < 4.78 is 0. The van der Waals surface area contributed by atoms with Gasteiger partial charge in [-0.25, -0.2) is 0 Å². The molecule has 140 valence electrons. The molecule has 1 aromatic rings. The molecule has 0 bridgehead atoms. The van der Waals surface area contributed by atoms with Gasteiger partial charge >= 0.3 is 5.97 Å². The number of halogens is 1. The largest absolute Gasteiger partial charge is 0.481 e. The minimum Gasteiger partial charge on any atom is -0.481 e. The Morgan fingerprint density at radius 3 is 2.77 bits per heavy atom. The molecule has 0 saturated carbocycles. The second-order valence-corrected chi connectivity index (χ2v) is 8.02. The Balaban J connectivity index is 2.43. The Bertz CT molecular complexity index is 782. The zero-order valence-corrected chi connectivity index (χ0v) is 16.2. The highest BCUT2D eigenvalue weighted by Crippen LogP contribution is 2.52. The standard InChI is InChI=1S/C16H17ClN2O5S2/c1-8-2-3-10(17)16-14(8)25-11(6-20)15(26-16)9(4-13(22)23)5-19-24-7-12(18)21/h2-3,5,11,20H,4,6-7H2,1H3,(H2,18,21)(H,22,23)/b15-9-,19-5+. The van der Waals surface area contributed by atoms with Gasteiger partial charge in [0, 0.05) is 14.7 Å². The number of amides is 1. The smallest absolute Gasteiger partial charge is 0.307 e. The van der Waals surface area contributed by atoms with Gasteiger partial charge < -0.3 is 20.8 Å². The predicted octanol–water partition coefficient (Wildman–Crippen LogP) is 2.42. The van der Waals surface area contributed by atoms with Crippen LogP contribution in [0.5, 0.6) is 0 Å². The normalized spacial score (nSPS) is 18.5. The van der Waals surface area contributed by atoms with Gasteiger partial charge in [-0.3, -0.25) is 9.59 Å². The van der Waals surface area contributed by atoms with Crippen molar-refractivity contribution in [3.63, 3.8) is 0 Å². The fraction of sp³-hybridized carbons (Fsp3) is 0.312. The number of fused-ring (bicyclic) bond motifs is 1. The van der Waals surface area contributed by atoms with Crippen molar-refractivity contribution in [3.05, 3.63) is 33.2 Å². The number of carboxylic acid groups (broad SMARTS) is 1. The fourth-order valence-corrected chi connectivity index (χ4v) is 5.28. The lowest BCUT2D eigenvalue weighted by atomic mass is 10.1. The minimum atomic E-state index is -1.06. The molecule has 4 N–H and O–H groups in total. The monoisotopic (exact) mass is 416 g/mol. The summed E-state index contributed by atoms with van der Waals surface area (Å²) in [4.78, 5) is 29.1. The van der Waals surface area contributed by atoms with E-state index < -0.39 is 18.5 Å². The highest BCUT2D eigenvalue weighted by Gasteiger charge is 2.30. The number of carbonyl (C=O) groups excluding carboxylic acids is 1. The van der Waals surface area contributed by atoms with Crippen molar-refractivity contribution in [2.45, 2.75) is 28.4 Å². The molecule has 1 heterocycles. The second kappa shape index (κ2) is 9.31. The van der Waals surface area contributed by atoms with Crippen LogP contribution >= 0.6 is 35.1 Å². The topological polar surface area (TPSA) is 122 Å². The highest BCUT2D eigenvalue weighted by atomic mass is 35.5. The molecule has 0 spiro atoms. The number of thioether (sulfide) groups is 2. The summed E-state index contributed by atoms with van der Waals surface area (Å²) in [5.74, 6) is -1.75. The van der Waals surface area contributed by atoms with E-state index in [1.54, 1.807) is 6.07 Å². The molecule has 0 aromatic heterocycles. The first-order chi connectivity index (χ1) is 12.3. The molecule has 0 aliphatic carbocycles. The number of carbonyl (C=O) groups is 2. The summed E-state index contributed by atoms with van der Waals surface area (Å²) in [5, 5.41) is 22.8. The lowest BCUT2D eigenvalue weighted by Crippen LogP contribution is -2.18. The maximum absolute atomic E-state index is 11.2. The van der Waals surface area contributed by atoms with Crippen LogP contribution in [0, 0.1) is 6.92 Å². The number of aliphatic hydroxyl groups excluding tert-OH is 1. The van der Waals surface area contributed by atoms with Crippen LogP contribution in [0.4, 0.5) is 0 Å². The molecule has 0 radical (unpaired) electrons. The Morgan fingerprint density at radius 2 is 2.15 bits per heavy atom. The van der Waals surface area contributed by atoms with Crippen LogP contribution in [0.2, 0.25) is 5.02 Å². The Morgan fingerprint density at radius 1 is 1.42 bits per heavy atom. The van der Waals surface area contributed by atoms with Crippen LogP contribution in [-0.4, -0.2) is 46.8 Å². The maximum Gasteiger partial charge on any atom is 0.307 e. The van der Waals surface area contributed by atoms with Gasteiger partial charge in [0.1, 0.15) is 0 Å². The number of hydrogen-bond acceptors (Lipinski definition) is 7. The fourth-order valence-electron chi connectivity index (χ4n) is 2.20. The van der Waals surface area contributed by atoms with Crippen LogP contribution in [0.3, 0.4) is 0 Å². The molecular weight excluding hydrogens is 400 g/mol. The van der Waals surface area contributed by atoms with Crippen molar-refractivity contribution < 1.29 is 24.6 Å². The summed E-state index contributed by atoms with van der Waals surface area (Å²) in [7, 11) is 0. The summed E-state index contributed by atoms with van der Waals surface area (Å²) in [6.07, 6.45) is 0.916. The first-order valence-electron chi connectivity index (χ1n) is 7.46. The van der Waals surface area contributed by atoms with Crippen LogP contribution in [0.25, 0.3) is 0 Å². The van der Waals surface area contributed by atoms with E-state index in [1.807, 2.05) is 13.0 Å². The van der Waals surface area contributed by atoms with E-state index in [2.05, 4.69) is 5.16 Å². The summed E-state index contributed by atoms with van der Waals surface area (Å²) in [6, 6.07) is 3.68. The summed E-state index contributed by atoms with van der Waals surface area (Å²) >= 11 is 9.03. The van der Waals surface area contributed by atoms with Crippen molar-refractivity contribution in [2.24, 2.45) is 10.9 Å². The van der Waals surface area contributed by atoms with E-state index in [0.29, 0.717) is 15.5 Å². The van der Waals surface area contributed by atoms with E-state index in [-0.39, 0.29) is 18.3 Å². The number of rotatable bonds is 7. The molecule has 1 aliphatic rings. The maximum atomic E-state index is 11.2. The van der Waals surface area contributed by atoms with Gasteiger partial charge in [-0.1, -0.05) is 34.6 Å².